The Morgan fingerprint density at radius 1 is 1.25 bits per heavy atom. The van der Waals surface area contributed by atoms with Crippen LogP contribution in [0.4, 0.5) is 5.69 Å². The average Bonchev–Trinajstić information content (AvgIpc) is 3.11. The lowest BCUT2D eigenvalue weighted by molar-refractivity contribution is -0.130. The SMILES string of the molecule is COCC1(C(=O)Nc2ccc(SC3CCCC3)cc2)CCNCC1. The molecule has 0 aromatic heterocycles. The van der Waals surface area contributed by atoms with Gasteiger partial charge in [-0.2, -0.15) is 0 Å². The van der Waals surface area contributed by atoms with Crippen molar-refractivity contribution in [1.29, 1.82) is 0 Å². The van der Waals surface area contributed by atoms with Gasteiger partial charge in [0, 0.05) is 22.9 Å². The highest BCUT2D eigenvalue weighted by atomic mass is 32.2. The molecule has 3 rings (SSSR count). The van der Waals surface area contributed by atoms with Crippen LogP contribution in [0.1, 0.15) is 38.5 Å². The van der Waals surface area contributed by atoms with E-state index in [2.05, 4.69) is 22.8 Å². The van der Waals surface area contributed by atoms with Crippen LogP contribution in [0, 0.1) is 5.41 Å². The second kappa shape index (κ2) is 8.37. The summed E-state index contributed by atoms with van der Waals surface area (Å²) in [6.07, 6.45) is 7.03. The number of thioether (sulfide) groups is 1. The summed E-state index contributed by atoms with van der Waals surface area (Å²) in [5.41, 5.74) is 0.474. The zero-order chi connectivity index (χ0) is 16.8. The van der Waals surface area contributed by atoms with Crippen molar-refractivity contribution in [2.75, 3.05) is 32.1 Å². The lowest BCUT2D eigenvalue weighted by Gasteiger charge is -2.35. The number of carbonyl (C=O) groups is 1. The topological polar surface area (TPSA) is 50.4 Å². The van der Waals surface area contributed by atoms with Crippen LogP contribution in [0.15, 0.2) is 29.2 Å². The lowest BCUT2D eigenvalue weighted by atomic mass is 9.78. The van der Waals surface area contributed by atoms with E-state index in [1.54, 1.807) is 7.11 Å². The van der Waals surface area contributed by atoms with Crippen molar-refractivity contribution in [3.63, 3.8) is 0 Å². The molecule has 1 saturated carbocycles. The fourth-order valence-electron chi connectivity index (χ4n) is 3.70. The van der Waals surface area contributed by atoms with E-state index in [0.717, 1.165) is 36.9 Å². The van der Waals surface area contributed by atoms with Gasteiger partial charge in [-0.3, -0.25) is 4.79 Å². The predicted molar refractivity (Wildman–Crippen MR) is 99.6 cm³/mol. The van der Waals surface area contributed by atoms with Gasteiger partial charge >= 0.3 is 0 Å². The highest BCUT2D eigenvalue weighted by molar-refractivity contribution is 8.00. The first-order valence-electron chi connectivity index (χ1n) is 9.00. The van der Waals surface area contributed by atoms with Crippen molar-refractivity contribution >= 4 is 23.4 Å². The molecule has 2 aliphatic rings. The monoisotopic (exact) mass is 348 g/mol. The summed E-state index contributed by atoms with van der Waals surface area (Å²) in [5, 5.41) is 7.19. The smallest absolute Gasteiger partial charge is 0.233 e. The van der Waals surface area contributed by atoms with E-state index in [9.17, 15) is 4.79 Å². The van der Waals surface area contributed by atoms with E-state index in [0.29, 0.717) is 6.61 Å². The number of benzene rings is 1. The summed E-state index contributed by atoms with van der Waals surface area (Å²) < 4.78 is 5.35. The molecule has 0 radical (unpaired) electrons. The molecule has 2 fully saturated rings. The maximum absolute atomic E-state index is 12.8. The summed E-state index contributed by atoms with van der Waals surface area (Å²) >= 11 is 1.97. The number of rotatable bonds is 6. The molecule has 4 nitrogen and oxygen atoms in total. The zero-order valence-corrected chi connectivity index (χ0v) is 15.3. The maximum Gasteiger partial charge on any atom is 0.233 e. The number of nitrogens with one attached hydrogen (secondary N) is 2. The molecule has 1 aromatic carbocycles. The first-order chi connectivity index (χ1) is 11.7. The number of hydrogen-bond acceptors (Lipinski definition) is 4. The summed E-state index contributed by atoms with van der Waals surface area (Å²) in [4.78, 5) is 14.1. The van der Waals surface area contributed by atoms with E-state index in [1.165, 1.54) is 30.6 Å². The van der Waals surface area contributed by atoms with Gasteiger partial charge in [0.25, 0.3) is 0 Å². The third-order valence-corrected chi connectivity index (χ3v) is 6.53. The maximum atomic E-state index is 12.8. The van der Waals surface area contributed by atoms with E-state index in [1.807, 2.05) is 23.9 Å². The van der Waals surface area contributed by atoms with Gasteiger partial charge in [0.2, 0.25) is 5.91 Å². The van der Waals surface area contributed by atoms with Crippen molar-refractivity contribution in [2.45, 2.75) is 48.7 Å². The second-order valence-electron chi connectivity index (χ2n) is 6.97. The second-order valence-corrected chi connectivity index (χ2v) is 8.34. The number of ether oxygens (including phenoxy) is 1. The first-order valence-corrected chi connectivity index (χ1v) is 9.88. The molecule has 1 heterocycles. The highest BCUT2D eigenvalue weighted by Crippen LogP contribution is 2.35. The normalized spacial score (nSPS) is 20.9. The minimum Gasteiger partial charge on any atom is -0.384 e. The Labute approximate surface area is 149 Å². The highest BCUT2D eigenvalue weighted by Gasteiger charge is 2.39. The van der Waals surface area contributed by atoms with Crippen LogP contribution in [0.5, 0.6) is 0 Å². The largest absolute Gasteiger partial charge is 0.384 e. The molecular weight excluding hydrogens is 320 g/mol. The predicted octanol–water partition coefficient (Wildman–Crippen LogP) is 3.68. The number of methoxy groups -OCH3 is 1. The molecule has 1 aliphatic heterocycles. The van der Waals surface area contributed by atoms with Gasteiger partial charge in [0.15, 0.2) is 0 Å². The summed E-state index contributed by atoms with van der Waals surface area (Å²) in [5.74, 6) is 0.0852. The average molecular weight is 349 g/mol. The Morgan fingerprint density at radius 2 is 1.92 bits per heavy atom. The van der Waals surface area contributed by atoms with Crippen LogP contribution < -0.4 is 10.6 Å². The van der Waals surface area contributed by atoms with Gasteiger partial charge in [-0.15, -0.1) is 11.8 Å². The molecular formula is C19H28N2O2S. The molecule has 24 heavy (non-hydrogen) atoms. The molecule has 1 saturated heterocycles. The van der Waals surface area contributed by atoms with E-state index >= 15 is 0 Å². The van der Waals surface area contributed by atoms with Crippen molar-refractivity contribution in [3.8, 4) is 0 Å². The Bertz CT molecular complexity index is 529. The summed E-state index contributed by atoms with van der Waals surface area (Å²) in [6.45, 7) is 2.22. The molecule has 0 unspecified atom stereocenters. The standard InChI is InChI=1S/C19H28N2O2S/c1-23-14-19(10-12-20-13-11-19)18(22)21-15-6-8-17(9-7-15)24-16-4-2-3-5-16/h6-9,16,20H,2-5,10-14H2,1H3,(H,21,22). The first kappa shape index (κ1) is 17.8. The van der Waals surface area contributed by atoms with Crippen molar-refractivity contribution in [1.82, 2.24) is 5.32 Å². The van der Waals surface area contributed by atoms with Gasteiger partial charge in [-0.1, -0.05) is 12.8 Å². The molecule has 5 heteroatoms. The van der Waals surface area contributed by atoms with Gasteiger partial charge in [-0.05, 0) is 63.0 Å². The van der Waals surface area contributed by atoms with Crippen LogP contribution in [0.2, 0.25) is 0 Å². The Hall–Kier alpha value is -1.04. The zero-order valence-electron chi connectivity index (χ0n) is 14.5. The molecule has 1 amide bonds. The van der Waals surface area contributed by atoms with Crippen LogP contribution in [0.25, 0.3) is 0 Å². The molecule has 132 valence electrons. The third kappa shape index (κ3) is 4.32. The molecule has 0 bridgehead atoms. The van der Waals surface area contributed by atoms with Crippen LogP contribution in [0.3, 0.4) is 0 Å². The van der Waals surface area contributed by atoms with E-state index in [-0.39, 0.29) is 5.91 Å². The molecule has 0 spiro atoms. The minimum absolute atomic E-state index is 0.0852. The molecule has 1 aliphatic carbocycles. The van der Waals surface area contributed by atoms with Gasteiger partial charge < -0.3 is 15.4 Å². The van der Waals surface area contributed by atoms with E-state index < -0.39 is 5.41 Å². The fourth-order valence-corrected chi connectivity index (χ4v) is 4.94. The van der Waals surface area contributed by atoms with Gasteiger partial charge in [-0.25, -0.2) is 0 Å². The summed E-state index contributed by atoms with van der Waals surface area (Å²) in [7, 11) is 1.67. The number of carbonyl (C=O) groups excluding carboxylic acids is 1. The van der Waals surface area contributed by atoms with Crippen molar-refractivity contribution < 1.29 is 9.53 Å². The minimum atomic E-state index is -0.405. The lowest BCUT2D eigenvalue weighted by Crippen LogP contribution is -2.47. The Morgan fingerprint density at radius 3 is 2.54 bits per heavy atom. The van der Waals surface area contributed by atoms with E-state index in [4.69, 9.17) is 4.74 Å². The molecule has 2 N–H and O–H groups in total. The number of amides is 1. The van der Waals surface area contributed by atoms with Gasteiger partial charge in [0.1, 0.15) is 0 Å². The van der Waals surface area contributed by atoms with Crippen molar-refractivity contribution in [2.24, 2.45) is 5.41 Å². The molecule has 0 atom stereocenters. The molecule has 1 aromatic rings. The van der Waals surface area contributed by atoms with Crippen LogP contribution >= 0.6 is 11.8 Å². The number of piperidine rings is 1. The van der Waals surface area contributed by atoms with Crippen LogP contribution in [-0.4, -0.2) is 38.0 Å². The van der Waals surface area contributed by atoms with Crippen LogP contribution in [-0.2, 0) is 9.53 Å². The Kier molecular flexibility index (Phi) is 6.19. The quantitative estimate of drug-likeness (QED) is 0.823. The Balaban J connectivity index is 1.60. The number of anilines is 1. The van der Waals surface area contributed by atoms with Crippen molar-refractivity contribution in [3.05, 3.63) is 24.3 Å². The fraction of sp³-hybridized carbons (Fsp3) is 0.632. The van der Waals surface area contributed by atoms with Gasteiger partial charge in [0.05, 0.1) is 12.0 Å². The third-order valence-electron chi connectivity index (χ3n) is 5.18. The summed E-state index contributed by atoms with van der Waals surface area (Å²) in [6, 6.07) is 8.31. The number of hydrogen-bond donors (Lipinski definition) is 2.